The molecule has 0 spiro atoms. The lowest BCUT2D eigenvalue weighted by Gasteiger charge is -2.21. The molecule has 1 aromatic heterocycles. The van der Waals surface area contributed by atoms with E-state index in [0.717, 1.165) is 31.8 Å². The summed E-state index contributed by atoms with van der Waals surface area (Å²) in [5.41, 5.74) is 1.92. The highest BCUT2D eigenvalue weighted by Crippen LogP contribution is 2.33. The first-order chi connectivity index (χ1) is 9.74. The van der Waals surface area contributed by atoms with E-state index in [9.17, 15) is 0 Å². The first-order valence-electron chi connectivity index (χ1n) is 6.38. The smallest absolute Gasteiger partial charge is 0.144 e. The van der Waals surface area contributed by atoms with Gasteiger partial charge in [-0.05, 0) is 50.1 Å². The molecule has 1 heterocycles. The van der Waals surface area contributed by atoms with Crippen LogP contribution in [0.25, 0.3) is 11.4 Å². The number of hydrogen-bond acceptors (Lipinski definition) is 3. The zero-order valence-corrected chi connectivity index (χ0v) is 16.2. The molecule has 0 unspecified atom stereocenters. The van der Waals surface area contributed by atoms with E-state index in [1.54, 1.807) is 7.11 Å². The number of aromatic amines is 1. The van der Waals surface area contributed by atoms with Gasteiger partial charge in [0.1, 0.15) is 16.2 Å². The second-order valence-corrected chi connectivity index (χ2v) is 7.71. The molecular weight excluding hydrogens is 416 g/mol. The van der Waals surface area contributed by atoms with Gasteiger partial charge in [0.2, 0.25) is 0 Å². The fourth-order valence-electron chi connectivity index (χ4n) is 1.93. The van der Waals surface area contributed by atoms with Crippen molar-refractivity contribution in [3.63, 3.8) is 0 Å². The van der Waals surface area contributed by atoms with E-state index in [4.69, 9.17) is 17.0 Å². The van der Waals surface area contributed by atoms with Crippen LogP contribution in [-0.4, -0.2) is 17.1 Å². The van der Waals surface area contributed by atoms with Gasteiger partial charge in [0, 0.05) is 16.7 Å². The summed E-state index contributed by atoms with van der Waals surface area (Å²) in [4.78, 5) is 7.85. The molecule has 0 aliphatic rings. The zero-order chi connectivity index (χ0) is 15.8. The Morgan fingerprint density at radius 2 is 1.90 bits per heavy atom. The van der Waals surface area contributed by atoms with Crippen molar-refractivity contribution in [1.29, 1.82) is 0 Å². The van der Waals surface area contributed by atoms with Gasteiger partial charge >= 0.3 is 0 Å². The van der Waals surface area contributed by atoms with Crippen molar-refractivity contribution in [2.45, 2.75) is 26.2 Å². The summed E-state index contributed by atoms with van der Waals surface area (Å²) in [5.74, 6) is 1.53. The average molecular weight is 432 g/mol. The van der Waals surface area contributed by atoms with Crippen LogP contribution in [0.2, 0.25) is 0 Å². The summed E-state index contributed by atoms with van der Waals surface area (Å²) in [7, 11) is 1.64. The number of benzene rings is 1. The molecule has 1 aromatic carbocycles. The molecule has 0 fully saturated rings. The lowest BCUT2D eigenvalue weighted by atomic mass is 9.92. The number of hydrogen-bond donors (Lipinski definition) is 1. The highest BCUT2D eigenvalue weighted by Gasteiger charge is 2.20. The summed E-state index contributed by atoms with van der Waals surface area (Å²) in [5, 5.41) is 0. The molecule has 6 heteroatoms. The van der Waals surface area contributed by atoms with Crippen molar-refractivity contribution in [1.82, 2.24) is 9.97 Å². The molecule has 0 aliphatic heterocycles. The van der Waals surface area contributed by atoms with E-state index in [2.05, 4.69) is 62.6 Å². The van der Waals surface area contributed by atoms with Gasteiger partial charge in [0.15, 0.2) is 0 Å². The molecule has 0 amide bonds. The third-order valence-electron chi connectivity index (χ3n) is 3.04. The lowest BCUT2D eigenvalue weighted by Crippen LogP contribution is -2.16. The molecule has 0 radical (unpaired) electrons. The minimum atomic E-state index is -0.0617. The van der Waals surface area contributed by atoms with Crippen molar-refractivity contribution in [3.05, 3.63) is 37.5 Å². The van der Waals surface area contributed by atoms with Gasteiger partial charge in [-0.1, -0.05) is 33.0 Å². The first-order valence-corrected chi connectivity index (χ1v) is 8.37. The SMILES string of the molecule is COc1ccc(-c2nc(=S)c(Br)c(C(C)(C)C)[nH]2)cc1Br. The molecule has 21 heavy (non-hydrogen) atoms. The molecular formula is C15H16Br2N2OS. The van der Waals surface area contributed by atoms with E-state index in [0.29, 0.717) is 4.64 Å². The molecule has 2 rings (SSSR count). The topological polar surface area (TPSA) is 37.9 Å². The van der Waals surface area contributed by atoms with Gasteiger partial charge in [-0.3, -0.25) is 0 Å². The van der Waals surface area contributed by atoms with Crippen molar-refractivity contribution < 1.29 is 4.74 Å². The van der Waals surface area contributed by atoms with Gasteiger partial charge < -0.3 is 9.72 Å². The Morgan fingerprint density at radius 1 is 1.24 bits per heavy atom. The predicted octanol–water partition coefficient (Wildman–Crippen LogP) is 5.64. The van der Waals surface area contributed by atoms with E-state index in [1.165, 1.54) is 0 Å². The number of nitrogens with one attached hydrogen (secondary N) is 1. The van der Waals surface area contributed by atoms with Crippen LogP contribution in [0.4, 0.5) is 0 Å². The van der Waals surface area contributed by atoms with Crippen molar-refractivity contribution >= 4 is 44.1 Å². The summed E-state index contributed by atoms with van der Waals surface area (Å²) in [6, 6.07) is 5.82. The van der Waals surface area contributed by atoms with Gasteiger partial charge in [0.25, 0.3) is 0 Å². The highest BCUT2D eigenvalue weighted by atomic mass is 79.9. The number of rotatable bonds is 2. The fourth-order valence-corrected chi connectivity index (χ4v) is 3.44. The van der Waals surface area contributed by atoms with Crippen molar-refractivity contribution in [2.75, 3.05) is 7.11 Å². The number of halogens is 2. The molecule has 0 aliphatic carbocycles. The normalized spacial score (nSPS) is 11.5. The minimum Gasteiger partial charge on any atom is -0.496 e. The fraction of sp³-hybridized carbons (Fsp3) is 0.333. The van der Waals surface area contributed by atoms with E-state index < -0.39 is 0 Å². The number of aromatic nitrogens is 2. The molecule has 0 saturated carbocycles. The van der Waals surface area contributed by atoms with E-state index in [-0.39, 0.29) is 5.41 Å². The Bertz CT molecular complexity index is 735. The summed E-state index contributed by atoms with van der Waals surface area (Å²) in [6.07, 6.45) is 0. The second-order valence-electron chi connectivity index (χ2n) is 5.68. The van der Waals surface area contributed by atoms with Crippen LogP contribution in [0.3, 0.4) is 0 Å². The van der Waals surface area contributed by atoms with Gasteiger partial charge in [-0.2, -0.15) is 0 Å². The largest absolute Gasteiger partial charge is 0.496 e. The van der Waals surface area contributed by atoms with Crippen molar-refractivity contribution in [3.8, 4) is 17.1 Å². The Morgan fingerprint density at radius 3 is 2.43 bits per heavy atom. The molecule has 0 bridgehead atoms. The average Bonchev–Trinajstić information content (AvgIpc) is 2.40. The Hall–Kier alpha value is -0.720. The Labute approximate surface area is 146 Å². The third-order valence-corrected chi connectivity index (χ3v) is 4.99. The number of H-pyrrole nitrogens is 1. The number of methoxy groups -OCH3 is 1. The standard InChI is InChI=1S/C15H16Br2N2OS/c1-15(2,3)12-11(17)14(21)19-13(18-12)8-5-6-10(20-4)9(16)7-8/h5-7H,1-4H3,(H,18,19,21). The number of ether oxygens (including phenoxy) is 1. The van der Waals surface area contributed by atoms with Crippen LogP contribution in [0.5, 0.6) is 5.75 Å². The molecule has 3 nitrogen and oxygen atoms in total. The number of nitrogens with zero attached hydrogens (tertiary/aromatic N) is 1. The van der Waals surface area contributed by atoms with Gasteiger partial charge in [-0.25, -0.2) is 4.98 Å². The molecule has 112 valence electrons. The lowest BCUT2D eigenvalue weighted by molar-refractivity contribution is 0.412. The highest BCUT2D eigenvalue weighted by molar-refractivity contribution is 9.10. The maximum atomic E-state index is 5.36. The second kappa shape index (κ2) is 6.18. The molecule has 0 saturated heterocycles. The first kappa shape index (κ1) is 16.6. The molecule has 1 N–H and O–H groups in total. The van der Waals surface area contributed by atoms with Crippen LogP contribution < -0.4 is 4.74 Å². The monoisotopic (exact) mass is 430 g/mol. The Balaban J connectivity index is 2.63. The van der Waals surface area contributed by atoms with E-state index in [1.807, 2.05) is 18.2 Å². The third kappa shape index (κ3) is 3.55. The minimum absolute atomic E-state index is 0.0617. The quantitative estimate of drug-likeness (QED) is 0.625. The van der Waals surface area contributed by atoms with Gasteiger partial charge in [0.05, 0.1) is 16.1 Å². The predicted molar refractivity (Wildman–Crippen MR) is 95.5 cm³/mol. The zero-order valence-electron chi connectivity index (χ0n) is 12.3. The summed E-state index contributed by atoms with van der Waals surface area (Å²) >= 11 is 12.4. The van der Waals surface area contributed by atoms with Gasteiger partial charge in [-0.15, -0.1) is 0 Å². The van der Waals surface area contributed by atoms with Crippen molar-refractivity contribution in [2.24, 2.45) is 0 Å². The Kier molecular flexibility index (Phi) is 4.90. The molecule has 0 atom stereocenters. The van der Waals surface area contributed by atoms with Crippen LogP contribution in [0.15, 0.2) is 27.1 Å². The van der Waals surface area contributed by atoms with Crippen LogP contribution in [0.1, 0.15) is 26.5 Å². The van der Waals surface area contributed by atoms with E-state index >= 15 is 0 Å². The van der Waals surface area contributed by atoms with Crippen LogP contribution in [0, 0.1) is 4.64 Å². The maximum absolute atomic E-state index is 5.36. The summed E-state index contributed by atoms with van der Waals surface area (Å²) < 4.78 is 7.53. The maximum Gasteiger partial charge on any atom is 0.144 e. The van der Waals surface area contributed by atoms with Crippen LogP contribution in [-0.2, 0) is 5.41 Å². The van der Waals surface area contributed by atoms with Crippen LogP contribution >= 0.6 is 44.1 Å². The molecule has 2 aromatic rings. The summed E-state index contributed by atoms with van der Waals surface area (Å²) in [6.45, 7) is 6.39.